The second-order valence-electron chi connectivity index (χ2n) is 6.31. The highest BCUT2D eigenvalue weighted by molar-refractivity contribution is 5.88. The van der Waals surface area contributed by atoms with Crippen LogP contribution in [0.5, 0.6) is 0 Å². The van der Waals surface area contributed by atoms with E-state index in [1.165, 1.54) is 0 Å². The Labute approximate surface area is 153 Å². The normalized spacial score (nSPS) is 11.8. The van der Waals surface area contributed by atoms with Crippen molar-refractivity contribution in [3.05, 3.63) is 47.7 Å². The van der Waals surface area contributed by atoms with Crippen LogP contribution in [0.2, 0.25) is 0 Å². The number of amides is 2. The second kappa shape index (κ2) is 9.60. The SMILES string of the molecule is CCCc1cc(NC(=O)NC(CCC(=O)O)Cc2ccccc2)n(C)n1. The largest absolute Gasteiger partial charge is 0.481 e. The molecule has 26 heavy (non-hydrogen) atoms. The summed E-state index contributed by atoms with van der Waals surface area (Å²) in [5.41, 5.74) is 1.98. The molecule has 0 radical (unpaired) electrons. The minimum Gasteiger partial charge on any atom is -0.481 e. The Morgan fingerprint density at radius 2 is 2.00 bits per heavy atom. The van der Waals surface area contributed by atoms with Crippen LogP contribution >= 0.6 is 0 Å². The monoisotopic (exact) mass is 358 g/mol. The van der Waals surface area contributed by atoms with Gasteiger partial charge in [0, 0.05) is 25.6 Å². The molecule has 7 nitrogen and oxygen atoms in total. The molecule has 0 aliphatic carbocycles. The van der Waals surface area contributed by atoms with E-state index in [2.05, 4.69) is 22.7 Å². The lowest BCUT2D eigenvalue weighted by Gasteiger charge is -2.18. The summed E-state index contributed by atoms with van der Waals surface area (Å²) in [5.74, 6) is -0.260. The molecule has 0 aliphatic rings. The highest BCUT2D eigenvalue weighted by atomic mass is 16.4. The van der Waals surface area contributed by atoms with Crippen molar-refractivity contribution in [2.75, 3.05) is 5.32 Å². The number of nitrogens with one attached hydrogen (secondary N) is 2. The number of hydrogen-bond donors (Lipinski definition) is 3. The van der Waals surface area contributed by atoms with E-state index < -0.39 is 5.97 Å². The Hall–Kier alpha value is -2.83. The zero-order valence-corrected chi connectivity index (χ0v) is 15.2. The molecule has 1 unspecified atom stereocenters. The zero-order valence-electron chi connectivity index (χ0n) is 15.2. The van der Waals surface area contributed by atoms with Crippen molar-refractivity contribution in [1.29, 1.82) is 0 Å². The molecule has 140 valence electrons. The van der Waals surface area contributed by atoms with Gasteiger partial charge in [-0.2, -0.15) is 5.10 Å². The van der Waals surface area contributed by atoms with Crippen molar-refractivity contribution >= 4 is 17.8 Å². The quantitative estimate of drug-likeness (QED) is 0.642. The molecule has 0 saturated carbocycles. The fourth-order valence-corrected chi connectivity index (χ4v) is 2.78. The average Bonchev–Trinajstić information content (AvgIpc) is 2.93. The van der Waals surface area contributed by atoms with Crippen molar-refractivity contribution in [3.8, 4) is 0 Å². The van der Waals surface area contributed by atoms with E-state index in [0.29, 0.717) is 18.7 Å². The molecular formula is C19H26N4O3. The topological polar surface area (TPSA) is 96.3 Å². The van der Waals surface area contributed by atoms with Gasteiger partial charge in [-0.25, -0.2) is 4.79 Å². The highest BCUT2D eigenvalue weighted by Gasteiger charge is 2.16. The first-order valence-electron chi connectivity index (χ1n) is 8.84. The summed E-state index contributed by atoms with van der Waals surface area (Å²) < 4.78 is 1.63. The Morgan fingerprint density at radius 1 is 1.27 bits per heavy atom. The van der Waals surface area contributed by atoms with E-state index in [1.54, 1.807) is 11.7 Å². The van der Waals surface area contributed by atoms with E-state index >= 15 is 0 Å². The smallest absolute Gasteiger partial charge is 0.320 e. The van der Waals surface area contributed by atoms with Gasteiger partial charge in [0.15, 0.2) is 0 Å². The molecule has 7 heteroatoms. The van der Waals surface area contributed by atoms with Crippen LogP contribution in [0, 0.1) is 0 Å². The maximum absolute atomic E-state index is 12.4. The molecule has 0 bridgehead atoms. The van der Waals surface area contributed by atoms with E-state index in [9.17, 15) is 9.59 Å². The van der Waals surface area contributed by atoms with Gasteiger partial charge in [-0.3, -0.25) is 14.8 Å². The Bertz CT molecular complexity index is 728. The standard InChI is InChI=1S/C19H26N4O3/c1-3-7-16-13-17(23(2)22-16)21-19(26)20-15(10-11-18(24)25)12-14-8-5-4-6-9-14/h4-6,8-9,13,15H,3,7,10-12H2,1-2H3,(H,24,25)(H2,20,21,26). The van der Waals surface area contributed by atoms with Gasteiger partial charge in [0.05, 0.1) is 5.69 Å². The van der Waals surface area contributed by atoms with Gasteiger partial charge in [-0.15, -0.1) is 0 Å². The Kier molecular flexibility index (Phi) is 7.20. The Morgan fingerprint density at radius 3 is 2.65 bits per heavy atom. The molecule has 1 heterocycles. The van der Waals surface area contributed by atoms with Crippen molar-refractivity contribution in [3.63, 3.8) is 0 Å². The summed E-state index contributed by atoms with van der Waals surface area (Å²) in [7, 11) is 1.78. The molecule has 0 aliphatic heterocycles. The zero-order chi connectivity index (χ0) is 18.9. The van der Waals surface area contributed by atoms with Crippen molar-refractivity contribution in [2.24, 2.45) is 7.05 Å². The third kappa shape index (κ3) is 6.23. The van der Waals surface area contributed by atoms with Crippen LogP contribution in [0.4, 0.5) is 10.6 Å². The van der Waals surface area contributed by atoms with Crippen LogP contribution in [0.3, 0.4) is 0 Å². The Balaban J connectivity index is 1.99. The van der Waals surface area contributed by atoms with Crippen LogP contribution in [0.1, 0.15) is 37.4 Å². The minimum atomic E-state index is -0.874. The number of urea groups is 1. The third-order valence-corrected chi connectivity index (χ3v) is 4.04. The maximum Gasteiger partial charge on any atom is 0.320 e. The number of carboxylic acids is 1. The van der Waals surface area contributed by atoms with Gasteiger partial charge in [0.2, 0.25) is 0 Å². The van der Waals surface area contributed by atoms with Crippen LogP contribution in [0.15, 0.2) is 36.4 Å². The van der Waals surface area contributed by atoms with E-state index in [1.807, 2.05) is 36.4 Å². The number of carbonyl (C=O) groups excluding carboxylic acids is 1. The number of benzene rings is 1. The lowest BCUT2D eigenvalue weighted by Crippen LogP contribution is -2.40. The van der Waals surface area contributed by atoms with Crippen LogP contribution in [0.25, 0.3) is 0 Å². The van der Waals surface area contributed by atoms with Gasteiger partial charge in [0.25, 0.3) is 0 Å². The first-order valence-corrected chi connectivity index (χ1v) is 8.84. The fraction of sp³-hybridized carbons (Fsp3) is 0.421. The molecule has 3 N–H and O–H groups in total. The molecule has 2 amide bonds. The number of carbonyl (C=O) groups is 2. The summed E-state index contributed by atoms with van der Waals surface area (Å²) in [5, 5.41) is 19.0. The van der Waals surface area contributed by atoms with Gasteiger partial charge in [0.1, 0.15) is 5.82 Å². The molecule has 1 aromatic heterocycles. The number of aromatic nitrogens is 2. The summed E-state index contributed by atoms with van der Waals surface area (Å²) in [6.07, 6.45) is 2.78. The highest BCUT2D eigenvalue weighted by Crippen LogP contribution is 2.12. The number of hydrogen-bond acceptors (Lipinski definition) is 3. The molecule has 2 aromatic rings. The van der Waals surface area contributed by atoms with Crippen LogP contribution in [-0.4, -0.2) is 32.9 Å². The molecule has 1 aromatic carbocycles. The van der Waals surface area contributed by atoms with Gasteiger partial charge in [-0.1, -0.05) is 43.7 Å². The first kappa shape index (κ1) is 19.5. The average molecular weight is 358 g/mol. The lowest BCUT2D eigenvalue weighted by molar-refractivity contribution is -0.137. The van der Waals surface area contributed by atoms with Crippen molar-refractivity contribution in [2.45, 2.75) is 45.1 Å². The minimum absolute atomic E-state index is 0.00411. The second-order valence-corrected chi connectivity index (χ2v) is 6.31. The number of aryl methyl sites for hydroxylation is 2. The van der Waals surface area contributed by atoms with Gasteiger partial charge in [-0.05, 0) is 24.8 Å². The molecule has 2 rings (SSSR count). The fourth-order valence-electron chi connectivity index (χ4n) is 2.78. The molecule has 1 atom stereocenters. The number of aliphatic carboxylic acids is 1. The van der Waals surface area contributed by atoms with Crippen LogP contribution < -0.4 is 10.6 Å². The lowest BCUT2D eigenvalue weighted by atomic mass is 10.0. The van der Waals surface area contributed by atoms with Gasteiger partial charge < -0.3 is 10.4 Å². The summed E-state index contributed by atoms with van der Waals surface area (Å²) in [6.45, 7) is 2.07. The van der Waals surface area contributed by atoms with E-state index in [0.717, 1.165) is 24.1 Å². The van der Waals surface area contributed by atoms with Crippen LogP contribution in [-0.2, 0) is 24.7 Å². The summed E-state index contributed by atoms with van der Waals surface area (Å²) in [6, 6.07) is 10.9. The maximum atomic E-state index is 12.4. The van der Waals surface area contributed by atoms with E-state index in [-0.39, 0.29) is 18.5 Å². The van der Waals surface area contributed by atoms with Crippen molar-refractivity contribution in [1.82, 2.24) is 15.1 Å². The number of carboxylic acid groups (broad SMARTS) is 1. The van der Waals surface area contributed by atoms with Gasteiger partial charge >= 0.3 is 12.0 Å². The number of anilines is 1. The predicted octanol–water partition coefficient (Wildman–Crippen LogP) is 2.97. The molecule has 0 saturated heterocycles. The van der Waals surface area contributed by atoms with E-state index in [4.69, 9.17) is 5.11 Å². The summed E-state index contributed by atoms with van der Waals surface area (Å²) in [4.78, 5) is 23.3. The number of nitrogens with zero attached hydrogens (tertiary/aromatic N) is 2. The number of rotatable bonds is 9. The predicted molar refractivity (Wildman–Crippen MR) is 100 cm³/mol. The van der Waals surface area contributed by atoms with Crippen molar-refractivity contribution < 1.29 is 14.7 Å². The molecule has 0 fully saturated rings. The first-order chi connectivity index (χ1) is 12.5. The summed E-state index contributed by atoms with van der Waals surface area (Å²) >= 11 is 0. The molecule has 0 spiro atoms. The molecular weight excluding hydrogens is 332 g/mol. The third-order valence-electron chi connectivity index (χ3n) is 4.04.